The Hall–Kier alpha value is -1.06. The Morgan fingerprint density at radius 1 is 1.50 bits per heavy atom. The van der Waals surface area contributed by atoms with Gasteiger partial charge in [-0.05, 0) is 22.6 Å². The van der Waals surface area contributed by atoms with Gasteiger partial charge in [0.1, 0.15) is 11.0 Å². The van der Waals surface area contributed by atoms with E-state index in [0.29, 0.717) is 0 Å². The van der Waals surface area contributed by atoms with Crippen LogP contribution in [-0.4, -0.2) is 14.5 Å². The first-order valence-corrected chi connectivity index (χ1v) is 5.20. The van der Waals surface area contributed by atoms with Gasteiger partial charge in [0, 0.05) is 13.2 Å². The number of fused-ring (bicyclic) bond motifs is 1. The molecule has 0 aliphatic carbocycles. The van der Waals surface area contributed by atoms with Crippen LogP contribution in [0.5, 0.6) is 0 Å². The van der Waals surface area contributed by atoms with Crippen LogP contribution in [0, 0.1) is 3.83 Å². The van der Waals surface area contributed by atoms with Crippen LogP contribution in [-0.2, 0) is 13.2 Å². The zero-order valence-electron chi connectivity index (χ0n) is 7.89. The predicted octanol–water partition coefficient (Wildman–Crippen LogP) is 1.88. The fraction of sp³-hybridized carbons (Fsp3) is 0.250. The molecule has 0 unspecified atom stereocenters. The zero-order valence-corrected chi connectivity index (χ0v) is 10.0. The third kappa shape index (κ3) is 1.70. The van der Waals surface area contributed by atoms with Gasteiger partial charge < -0.3 is 9.55 Å². The zero-order chi connectivity index (χ0) is 12.1. The lowest BCUT2D eigenvalue weighted by molar-refractivity contribution is -0.136. The third-order valence-corrected chi connectivity index (χ3v) is 2.61. The van der Waals surface area contributed by atoms with Crippen molar-refractivity contribution >= 4 is 33.6 Å². The molecule has 0 aromatic carbocycles. The van der Waals surface area contributed by atoms with Crippen molar-refractivity contribution in [2.24, 2.45) is 7.05 Å². The smallest absolute Gasteiger partial charge is 0.344 e. The van der Waals surface area contributed by atoms with Crippen molar-refractivity contribution in [2.75, 3.05) is 0 Å². The Bertz CT molecular complexity index is 613. The summed E-state index contributed by atoms with van der Waals surface area (Å²) in [5.74, 6) is 0. The molecule has 0 saturated heterocycles. The molecule has 1 N–H and O–H groups in total. The largest absolute Gasteiger partial charge is 0.419 e. The van der Waals surface area contributed by atoms with Crippen LogP contribution in [0.25, 0.3) is 11.0 Å². The van der Waals surface area contributed by atoms with Crippen molar-refractivity contribution in [1.82, 2.24) is 14.5 Å². The van der Waals surface area contributed by atoms with Crippen molar-refractivity contribution in [3.8, 4) is 0 Å². The van der Waals surface area contributed by atoms with Crippen LogP contribution in [0.2, 0.25) is 0 Å². The quantitative estimate of drug-likeness (QED) is 0.587. The fourth-order valence-electron chi connectivity index (χ4n) is 1.48. The van der Waals surface area contributed by atoms with E-state index in [9.17, 15) is 18.0 Å². The van der Waals surface area contributed by atoms with E-state index in [4.69, 9.17) is 0 Å². The van der Waals surface area contributed by atoms with Crippen molar-refractivity contribution in [2.45, 2.75) is 6.18 Å². The molecule has 16 heavy (non-hydrogen) atoms. The second-order valence-electron chi connectivity index (χ2n) is 3.21. The minimum absolute atomic E-state index is 0.0762. The van der Waals surface area contributed by atoms with E-state index in [1.807, 2.05) is 0 Å². The van der Waals surface area contributed by atoms with E-state index in [1.54, 1.807) is 22.6 Å². The number of rotatable bonds is 0. The van der Waals surface area contributed by atoms with Gasteiger partial charge in [0.25, 0.3) is 5.56 Å². The molecule has 0 atom stereocenters. The van der Waals surface area contributed by atoms with Crippen LogP contribution in [0.4, 0.5) is 13.2 Å². The molecule has 0 spiro atoms. The molecule has 0 saturated carbocycles. The summed E-state index contributed by atoms with van der Waals surface area (Å²) in [6.07, 6.45) is -3.65. The van der Waals surface area contributed by atoms with Gasteiger partial charge in [-0.25, -0.2) is 4.98 Å². The highest BCUT2D eigenvalue weighted by Crippen LogP contribution is 2.33. The summed E-state index contributed by atoms with van der Waals surface area (Å²) in [5.41, 5.74) is -1.86. The summed E-state index contributed by atoms with van der Waals surface area (Å²) >= 11 is 1.66. The molecule has 2 aromatic rings. The molecule has 0 amide bonds. The molecule has 0 aliphatic heterocycles. The summed E-state index contributed by atoms with van der Waals surface area (Å²) in [4.78, 5) is 17.5. The van der Waals surface area contributed by atoms with E-state index in [2.05, 4.69) is 9.97 Å². The number of alkyl halides is 3. The van der Waals surface area contributed by atoms with Crippen LogP contribution in [0.1, 0.15) is 5.56 Å². The van der Waals surface area contributed by atoms with Gasteiger partial charge >= 0.3 is 6.18 Å². The highest BCUT2D eigenvalue weighted by molar-refractivity contribution is 14.1. The number of H-pyrrole nitrogens is 1. The van der Waals surface area contributed by atoms with Gasteiger partial charge in [0.05, 0.1) is 5.56 Å². The molecule has 2 heterocycles. The monoisotopic (exact) mass is 343 g/mol. The van der Waals surface area contributed by atoms with E-state index >= 15 is 0 Å². The summed E-state index contributed by atoms with van der Waals surface area (Å²) in [5, 5.41) is 0. The average Bonchev–Trinajstić information content (AvgIpc) is 2.41. The second-order valence-corrected chi connectivity index (χ2v) is 4.23. The van der Waals surface area contributed by atoms with Crippen molar-refractivity contribution in [1.29, 1.82) is 0 Å². The van der Waals surface area contributed by atoms with Gasteiger partial charge in [0.2, 0.25) is 0 Å². The molecule has 0 bridgehead atoms. The second kappa shape index (κ2) is 3.47. The Morgan fingerprint density at radius 3 is 2.69 bits per heavy atom. The summed E-state index contributed by atoms with van der Waals surface area (Å²) < 4.78 is 39.1. The Balaban J connectivity index is 2.95. The van der Waals surface area contributed by atoms with E-state index < -0.39 is 17.3 Å². The molecule has 0 fully saturated rings. The first-order chi connectivity index (χ1) is 7.30. The number of hydrogen-bond donors (Lipinski definition) is 1. The maximum Gasteiger partial charge on any atom is 0.419 e. The van der Waals surface area contributed by atoms with Gasteiger partial charge in [-0.2, -0.15) is 13.2 Å². The molecule has 2 aromatic heterocycles. The van der Waals surface area contributed by atoms with E-state index in [1.165, 1.54) is 7.05 Å². The SMILES string of the molecule is Cn1cc(C(F)(F)F)c2nc(I)[nH]c(=O)c21. The summed E-state index contributed by atoms with van der Waals surface area (Å²) in [7, 11) is 1.38. The molecule has 8 heteroatoms. The fourth-order valence-corrected chi connectivity index (χ4v) is 1.97. The van der Waals surface area contributed by atoms with Gasteiger partial charge in [-0.1, -0.05) is 0 Å². The number of nitrogens with zero attached hydrogens (tertiary/aromatic N) is 2. The molecular weight excluding hydrogens is 338 g/mol. The maximum atomic E-state index is 12.6. The van der Waals surface area contributed by atoms with Crippen LogP contribution < -0.4 is 5.56 Å². The number of nitrogens with one attached hydrogen (secondary N) is 1. The Morgan fingerprint density at radius 2 is 2.12 bits per heavy atom. The van der Waals surface area contributed by atoms with Crippen molar-refractivity contribution in [3.05, 3.63) is 25.9 Å². The molecular formula is C8H5F3IN3O. The van der Waals surface area contributed by atoms with Crippen LogP contribution in [0.3, 0.4) is 0 Å². The highest BCUT2D eigenvalue weighted by atomic mass is 127. The molecule has 0 radical (unpaired) electrons. The highest BCUT2D eigenvalue weighted by Gasteiger charge is 2.35. The topological polar surface area (TPSA) is 50.7 Å². The lowest BCUT2D eigenvalue weighted by Crippen LogP contribution is -2.12. The van der Waals surface area contributed by atoms with Crippen LogP contribution in [0.15, 0.2) is 11.0 Å². The number of halogens is 4. The normalized spacial score (nSPS) is 12.3. The van der Waals surface area contributed by atoms with Gasteiger partial charge in [0.15, 0.2) is 3.83 Å². The molecule has 0 aliphatic rings. The van der Waals surface area contributed by atoms with Crippen molar-refractivity contribution in [3.63, 3.8) is 0 Å². The lowest BCUT2D eigenvalue weighted by atomic mass is 10.3. The van der Waals surface area contributed by atoms with E-state index in [0.717, 1.165) is 10.8 Å². The first kappa shape index (κ1) is 11.4. The third-order valence-electron chi connectivity index (χ3n) is 2.10. The number of aromatic amines is 1. The molecule has 2 rings (SSSR count). The lowest BCUT2D eigenvalue weighted by Gasteiger charge is -2.02. The molecule has 86 valence electrons. The summed E-state index contributed by atoms with van der Waals surface area (Å²) in [6, 6.07) is 0. The van der Waals surface area contributed by atoms with Crippen LogP contribution >= 0.6 is 22.6 Å². The standard InChI is InChI=1S/C8H5F3IN3O/c1-15-2-3(8(9,10)11)4-5(15)6(16)14-7(12)13-4/h2H,1H3,(H,13,14,16). The summed E-state index contributed by atoms with van der Waals surface area (Å²) in [6.45, 7) is 0. The molecule has 4 nitrogen and oxygen atoms in total. The van der Waals surface area contributed by atoms with Crippen molar-refractivity contribution < 1.29 is 13.2 Å². The van der Waals surface area contributed by atoms with Gasteiger partial charge in [-0.3, -0.25) is 4.79 Å². The number of hydrogen-bond acceptors (Lipinski definition) is 2. The maximum absolute atomic E-state index is 12.6. The number of aromatic nitrogens is 3. The number of aryl methyl sites for hydroxylation is 1. The Kier molecular flexibility index (Phi) is 2.48. The Labute approximate surface area is 101 Å². The average molecular weight is 343 g/mol. The van der Waals surface area contributed by atoms with E-state index in [-0.39, 0.29) is 14.9 Å². The minimum Gasteiger partial charge on any atom is -0.344 e. The van der Waals surface area contributed by atoms with Gasteiger partial charge in [-0.15, -0.1) is 0 Å². The first-order valence-electron chi connectivity index (χ1n) is 4.12. The minimum atomic E-state index is -4.51. The predicted molar refractivity (Wildman–Crippen MR) is 59.1 cm³/mol.